The number of carbonyl (C=O) groups is 1. The Morgan fingerprint density at radius 3 is 2.53 bits per heavy atom. The molecule has 0 saturated carbocycles. The van der Waals surface area contributed by atoms with Gasteiger partial charge in [0.1, 0.15) is 5.69 Å². The summed E-state index contributed by atoms with van der Waals surface area (Å²) in [6.45, 7) is 5.11. The Bertz CT molecular complexity index is 514. The van der Waals surface area contributed by atoms with E-state index in [1.165, 1.54) is 4.57 Å². The summed E-state index contributed by atoms with van der Waals surface area (Å²) in [4.78, 5) is 11.0. The minimum atomic E-state index is -3.14. The van der Waals surface area contributed by atoms with Gasteiger partial charge >= 0.3 is 5.97 Å². The predicted octanol–water partition coefficient (Wildman–Crippen LogP) is 1.32. The average Bonchev–Trinajstić information content (AvgIpc) is 2.56. The fourth-order valence-electron chi connectivity index (χ4n) is 1.52. The van der Waals surface area contributed by atoms with Crippen LogP contribution < -0.4 is 0 Å². The van der Waals surface area contributed by atoms with Gasteiger partial charge in [0, 0.05) is 12.7 Å². The SMILES string of the molecule is Cc1ccn(CCS(=O)(=O)C(C)C)c1C(=O)O. The van der Waals surface area contributed by atoms with Crippen molar-refractivity contribution in [3.63, 3.8) is 0 Å². The predicted molar refractivity (Wildman–Crippen MR) is 65.1 cm³/mol. The molecule has 0 atom stereocenters. The standard InChI is InChI=1S/C11H17NO4S/c1-8(2)17(15,16)7-6-12-5-4-9(3)10(12)11(13)14/h4-5,8H,6-7H2,1-3H3,(H,13,14). The number of rotatable bonds is 5. The number of aryl methyl sites for hydroxylation is 2. The highest BCUT2D eigenvalue weighted by molar-refractivity contribution is 7.91. The molecule has 0 aliphatic rings. The minimum absolute atomic E-state index is 0.0426. The van der Waals surface area contributed by atoms with Crippen molar-refractivity contribution in [2.75, 3.05) is 5.75 Å². The quantitative estimate of drug-likeness (QED) is 0.865. The van der Waals surface area contributed by atoms with Crippen LogP contribution in [-0.2, 0) is 16.4 Å². The molecule has 0 aliphatic carbocycles. The number of hydrogen-bond acceptors (Lipinski definition) is 3. The second-order valence-electron chi connectivity index (χ2n) is 4.26. The van der Waals surface area contributed by atoms with E-state index in [0.29, 0.717) is 5.56 Å². The zero-order valence-electron chi connectivity index (χ0n) is 10.2. The van der Waals surface area contributed by atoms with E-state index in [2.05, 4.69) is 0 Å². The number of aromatic nitrogens is 1. The molecule has 0 spiro atoms. The smallest absolute Gasteiger partial charge is 0.352 e. The van der Waals surface area contributed by atoms with Crippen molar-refractivity contribution in [2.24, 2.45) is 0 Å². The Hall–Kier alpha value is -1.30. The number of nitrogens with zero attached hydrogens (tertiary/aromatic N) is 1. The first-order valence-electron chi connectivity index (χ1n) is 5.36. The van der Waals surface area contributed by atoms with Crippen molar-refractivity contribution >= 4 is 15.8 Å². The number of carboxylic acid groups (broad SMARTS) is 1. The third kappa shape index (κ3) is 3.09. The molecular formula is C11H17NO4S. The second-order valence-corrected chi connectivity index (χ2v) is 6.94. The van der Waals surface area contributed by atoms with E-state index in [0.717, 1.165) is 0 Å². The third-order valence-electron chi connectivity index (χ3n) is 2.70. The van der Waals surface area contributed by atoms with E-state index in [1.807, 2.05) is 0 Å². The molecule has 17 heavy (non-hydrogen) atoms. The molecule has 0 saturated heterocycles. The van der Waals surface area contributed by atoms with Gasteiger partial charge in [-0.1, -0.05) is 0 Å². The van der Waals surface area contributed by atoms with Crippen LogP contribution in [0.25, 0.3) is 0 Å². The molecule has 0 aromatic carbocycles. The van der Waals surface area contributed by atoms with Crippen LogP contribution in [0.1, 0.15) is 29.9 Å². The summed E-state index contributed by atoms with van der Waals surface area (Å²) in [5, 5.41) is 8.57. The Morgan fingerprint density at radius 2 is 2.06 bits per heavy atom. The Labute approximate surface area is 101 Å². The van der Waals surface area contributed by atoms with Crippen LogP contribution in [0.5, 0.6) is 0 Å². The number of carboxylic acids is 1. The first kappa shape index (κ1) is 13.8. The van der Waals surface area contributed by atoms with Crippen LogP contribution >= 0.6 is 0 Å². The normalized spacial score (nSPS) is 12.0. The highest BCUT2D eigenvalue weighted by atomic mass is 32.2. The van der Waals surface area contributed by atoms with Crippen molar-refractivity contribution in [3.05, 3.63) is 23.5 Å². The molecule has 0 radical (unpaired) electrons. The summed E-state index contributed by atoms with van der Waals surface area (Å²) >= 11 is 0. The average molecular weight is 259 g/mol. The van der Waals surface area contributed by atoms with Gasteiger partial charge in [-0.2, -0.15) is 0 Å². The van der Waals surface area contributed by atoms with Crippen molar-refractivity contribution in [2.45, 2.75) is 32.6 Å². The summed E-state index contributed by atoms with van der Waals surface area (Å²) in [6.07, 6.45) is 1.61. The lowest BCUT2D eigenvalue weighted by atomic mass is 10.3. The first-order chi connectivity index (χ1) is 7.75. The molecule has 0 fully saturated rings. The minimum Gasteiger partial charge on any atom is -0.477 e. The fourth-order valence-corrected chi connectivity index (χ4v) is 2.44. The molecule has 1 heterocycles. The maximum Gasteiger partial charge on any atom is 0.352 e. The first-order valence-corrected chi connectivity index (χ1v) is 7.08. The molecule has 1 aromatic rings. The van der Waals surface area contributed by atoms with E-state index in [4.69, 9.17) is 5.11 Å². The molecule has 0 bridgehead atoms. The summed E-state index contributed by atoms with van der Waals surface area (Å²) in [7, 11) is -3.14. The molecule has 96 valence electrons. The van der Waals surface area contributed by atoms with E-state index < -0.39 is 21.1 Å². The molecule has 0 amide bonds. The molecule has 0 unspecified atom stereocenters. The van der Waals surface area contributed by atoms with Gasteiger partial charge in [-0.3, -0.25) is 0 Å². The molecule has 5 nitrogen and oxygen atoms in total. The van der Waals surface area contributed by atoms with Crippen molar-refractivity contribution < 1.29 is 18.3 Å². The maximum absolute atomic E-state index is 11.6. The summed E-state index contributed by atoms with van der Waals surface area (Å²) in [5.41, 5.74) is 0.795. The molecular weight excluding hydrogens is 242 g/mol. The zero-order chi connectivity index (χ0) is 13.2. The van der Waals surface area contributed by atoms with Crippen LogP contribution in [0.15, 0.2) is 12.3 Å². The molecule has 1 N–H and O–H groups in total. The Kier molecular flexibility index (Phi) is 3.98. The largest absolute Gasteiger partial charge is 0.477 e. The van der Waals surface area contributed by atoms with Crippen molar-refractivity contribution in [3.8, 4) is 0 Å². The molecule has 6 heteroatoms. The van der Waals surface area contributed by atoms with Crippen LogP contribution in [0.3, 0.4) is 0 Å². The monoisotopic (exact) mass is 259 g/mol. The van der Waals surface area contributed by atoms with E-state index in [-0.39, 0.29) is 18.0 Å². The van der Waals surface area contributed by atoms with Crippen LogP contribution in [0.2, 0.25) is 0 Å². The third-order valence-corrected chi connectivity index (χ3v) is 4.89. The van der Waals surface area contributed by atoms with Crippen molar-refractivity contribution in [1.29, 1.82) is 0 Å². The van der Waals surface area contributed by atoms with Gasteiger partial charge < -0.3 is 9.67 Å². The lowest BCUT2D eigenvalue weighted by Gasteiger charge is -2.10. The highest BCUT2D eigenvalue weighted by Gasteiger charge is 2.18. The summed E-state index contributed by atoms with van der Waals surface area (Å²) in [5.74, 6) is -1.08. The van der Waals surface area contributed by atoms with Crippen LogP contribution in [0, 0.1) is 6.92 Å². The molecule has 0 aliphatic heterocycles. The van der Waals surface area contributed by atoms with Gasteiger partial charge in [0.15, 0.2) is 9.84 Å². The lowest BCUT2D eigenvalue weighted by molar-refractivity contribution is 0.0684. The van der Waals surface area contributed by atoms with Gasteiger partial charge in [0.2, 0.25) is 0 Å². The summed E-state index contributed by atoms with van der Waals surface area (Å²) in [6, 6.07) is 1.67. The van der Waals surface area contributed by atoms with E-state index in [1.54, 1.807) is 33.0 Å². The highest BCUT2D eigenvalue weighted by Crippen LogP contribution is 2.11. The van der Waals surface area contributed by atoms with Crippen molar-refractivity contribution in [1.82, 2.24) is 4.57 Å². The van der Waals surface area contributed by atoms with Crippen LogP contribution in [0.4, 0.5) is 0 Å². The van der Waals surface area contributed by atoms with Gasteiger partial charge in [-0.25, -0.2) is 13.2 Å². The Balaban J connectivity index is 2.88. The van der Waals surface area contributed by atoms with E-state index in [9.17, 15) is 13.2 Å². The maximum atomic E-state index is 11.6. The lowest BCUT2D eigenvalue weighted by Crippen LogP contribution is -2.22. The fraction of sp³-hybridized carbons (Fsp3) is 0.545. The van der Waals surface area contributed by atoms with E-state index >= 15 is 0 Å². The molecule has 1 rings (SSSR count). The van der Waals surface area contributed by atoms with Gasteiger partial charge in [-0.15, -0.1) is 0 Å². The number of aromatic carboxylic acids is 1. The van der Waals surface area contributed by atoms with Gasteiger partial charge in [0.25, 0.3) is 0 Å². The number of sulfone groups is 1. The molecule has 1 aromatic heterocycles. The zero-order valence-corrected chi connectivity index (χ0v) is 11.0. The Morgan fingerprint density at radius 1 is 1.47 bits per heavy atom. The van der Waals surface area contributed by atoms with Gasteiger partial charge in [-0.05, 0) is 32.4 Å². The summed E-state index contributed by atoms with van der Waals surface area (Å²) < 4.78 is 24.7. The van der Waals surface area contributed by atoms with Crippen LogP contribution in [-0.4, -0.2) is 35.1 Å². The number of hydrogen-bond donors (Lipinski definition) is 1. The topological polar surface area (TPSA) is 76.4 Å². The second kappa shape index (κ2) is 4.91. The van der Waals surface area contributed by atoms with Gasteiger partial charge in [0.05, 0.1) is 11.0 Å².